The van der Waals surface area contributed by atoms with E-state index in [4.69, 9.17) is 4.74 Å². The van der Waals surface area contributed by atoms with Crippen molar-refractivity contribution in [3.8, 4) is 0 Å². The molecule has 0 amide bonds. The average Bonchev–Trinajstić information content (AvgIpc) is 2.16. The molecule has 2 unspecified atom stereocenters. The molecule has 0 spiro atoms. The molecule has 1 heterocycles. The minimum Gasteiger partial charge on any atom is -0.469 e. The molecule has 1 aliphatic heterocycles. The molecule has 0 saturated carbocycles. The maximum Gasteiger partial charge on any atom is 0.309 e. The quantitative estimate of drug-likeness (QED) is 0.624. The smallest absolute Gasteiger partial charge is 0.309 e. The summed E-state index contributed by atoms with van der Waals surface area (Å²) in [5.41, 5.74) is 0. The van der Waals surface area contributed by atoms with Gasteiger partial charge < -0.3 is 9.47 Å². The van der Waals surface area contributed by atoms with Gasteiger partial charge in [-0.15, -0.1) is 0 Å². The Morgan fingerprint density at radius 2 is 2.43 bits per heavy atom. The van der Waals surface area contributed by atoms with Crippen molar-refractivity contribution in [3.63, 3.8) is 0 Å². The standard InChI is InChI=1S/C10H19NO3/c1-8(10(12)13-3)6-11-4-5-14-9(2)7-11/h8-9H,4-7H2,1-3H3. The Morgan fingerprint density at radius 3 is 3.00 bits per heavy atom. The number of ether oxygens (including phenoxy) is 2. The molecule has 1 rings (SSSR count). The van der Waals surface area contributed by atoms with Crippen molar-refractivity contribution in [2.75, 3.05) is 33.4 Å². The van der Waals surface area contributed by atoms with Crippen molar-refractivity contribution in [1.82, 2.24) is 4.90 Å². The minimum atomic E-state index is -0.135. The lowest BCUT2D eigenvalue weighted by Crippen LogP contribution is -2.44. The molecule has 0 aliphatic carbocycles. The van der Waals surface area contributed by atoms with Gasteiger partial charge in [0.1, 0.15) is 0 Å². The van der Waals surface area contributed by atoms with E-state index < -0.39 is 0 Å². The van der Waals surface area contributed by atoms with E-state index in [2.05, 4.69) is 16.6 Å². The maximum absolute atomic E-state index is 11.2. The predicted octanol–water partition coefficient (Wildman–Crippen LogP) is 0.516. The molecule has 0 bridgehead atoms. The summed E-state index contributed by atoms with van der Waals surface area (Å²) >= 11 is 0. The van der Waals surface area contributed by atoms with Crippen molar-refractivity contribution < 1.29 is 14.3 Å². The van der Waals surface area contributed by atoms with Gasteiger partial charge in [0.15, 0.2) is 0 Å². The lowest BCUT2D eigenvalue weighted by atomic mass is 10.1. The van der Waals surface area contributed by atoms with E-state index in [9.17, 15) is 4.79 Å². The number of rotatable bonds is 3. The Morgan fingerprint density at radius 1 is 1.71 bits per heavy atom. The van der Waals surface area contributed by atoms with Crippen molar-refractivity contribution >= 4 is 5.97 Å². The van der Waals surface area contributed by atoms with Crippen molar-refractivity contribution in [3.05, 3.63) is 0 Å². The Balaban J connectivity index is 2.32. The third-order valence-corrected chi connectivity index (χ3v) is 2.46. The van der Waals surface area contributed by atoms with E-state index in [1.54, 1.807) is 0 Å². The number of hydrogen-bond acceptors (Lipinski definition) is 4. The molecule has 0 aromatic heterocycles. The van der Waals surface area contributed by atoms with Gasteiger partial charge in [-0.1, -0.05) is 6.92 Å². The number of hydrogen-bond donors (Lipinski definition) is 0. The molecule has 2 atom stereocenters. The van der Waals surface area contributed by atoms with E-state index in [1.807, 2.05) is 6.92 Å². The van der Waals surface area contributed by atoms with E-state index in [1.165, 1.54) is 7.11 Å². The summed E-state index contributed by atoms with van der Waals surface area (Å²) in [4.78, 5) is 13.4. The molecule has 82 valence electrons. The number of nitrogens with zero attached hydrogens (tertiary/aromatic N) is 1. The number of carbonyl (C=O) groups excluding carboxylic acids is 1. The molecular formula is C10H19NO3. The molecule has 4 heteroatoms. The number of methoxy groups -OCH3 is 1. The van der Waals surface area contributed by atoms with Gasteiger partial charge in [0.05, 0.1) is 25.7 Å². The van der Waals surface area contributed by atoms with Crippen molar-refractivity contribution in [1.29, 1.82) is 0 Å². The van der Waals surface area contributed by atoms with Crippen LogP contribution >= 0.6 is 0 Å². The largest absolute Gasteiger partial charge is 0.469 e. The van der Waals surface area contributed by atoms with Gasteiger partial charge >= 0.3 is 5.97 Å². The van der Waals surface area contributed by atoms with Crippen LogP contribution in [0.4, 0.5) is 0 Å². The number of carbonyl (C=O) groups is 1. The van der Waals surface area contributed by atoms with Gasteiger partial charge in [0.2, 0.25) is 0 Å². The Labute approximate surface area is 85.2 Å². The van der Waals surface area contributed by atoms with Crippen LogP contribution in [0.25, 0.3) is 0 Å². The molecule has 14 heavy (non-hydrogen) atoms. The van der Waals surface area contributed by atoms with E-state index in [0.717, 1.165) is 26.2 Å². The van der Waals surface area contributed by atoms with Crippen LogP contribution in [0, 0.1) is 5.92 Å². The monoisotopic (exact) mass is 201 g/mol. The summed E-state index contributed by atoms with van der Waals surface area (Å²) < 4.78 is 10.1. The zero-order valence-electron chi connectivity index (χ0n) is 9.16. The first kappa shape index (κ1) is 11.5. The van der Waals surface area contributed by atoms with E-state index >= 15 is 0 Å². The van der Waals surface area contributed by atoms with Gasteiger partial charge in [-0.25, -0.2) is 0 Å². The fraction of sp³-hybridized carbons (Fsp3) is 0.900. The summed E-state index contributed by atoms with van der Waals surface area (Å²) in [7, 11) is 1.43. The van der Waals surface area contributed by atoms with Crippen LogP contribution < -0.4 is 0 Å². The van der Waals surface area contributed by atoms with E-state index in [0.29, 0.717) is 0 Å². The highest BCUT2D eigenvalue weighted by Crippen LogP contribution is 2.08. The van der Waals surface area contributed by atoms with Gasteiger partial charge in [0.25, 0.3) is 0 Å². The molecule has 0 aromatic rings. The van der Waals surface area contributed by atoms with E-state index in [-0.39, 0.29) is 18.0 Å². The summed E-state index contributed by atoms with van der Waals surface area (Å²) in [5, 5.41) is 0. The van der Waals surface area contributed by atoms with Crippen molar-refractivity contribution in [2.24, 2.45) is 5.92 Å². The van der Waals surface area contributed by atoms with Crippen LogP contribution in [0.15, 0.2) is 0 Å². The van der Waals surface area contributed by atoms with Crippen LogP contribution in [-0.2, 0) is 14.3 Å². The Bertz CT molecular complexity index is 196. The van der Waals surface area contributed by atoms with Gasteiger partial charge in [-0.3, -0.25) is 9.69 Å². The third kappa shape index (κ3) is 3.27. The number of morpholine rings is 1. The third-order valence-electron chi connectivity index (χ3n) is 2.46. The first-order valence-electron chi connectivity index (χ1n) is 5.05. The topological polar surface area (TPSA) is 38.8 Å². The predicted molar refractivity (Wildman–Crippen MR) is 53.0 cm³/mol. The Hall–Kier alpha value is -0.610. The highest BCUT2D eigenvalue weighted by molar-refractivity contribution is 5.72. The normalized spacial score (nSPS) is 25.8. The molecular weight excluding hydrogens is 182 g/mol. The summed E-state index contributed by atoms with van der Waals surface area (Å²) in [5.74, 6) is -0.186. The maximum atomic E-state index is 11.2. The van der Waals surface area contributed by atoms with Crippen LogP contribution in [0.1, 0.15) is 13.8 Å². The molecule has 1 aliphatic rings. The molecule has 1 saturated heterocycles. The zero-order chi connectivity index (χ0) is 10.6. The fourth-order valence-corrected chi connectivity index (χ4v) is 1.72. The van der Waals surface area contributed by atoms with Crippen LogP contribution in [-0.4, -0.2) is 50.3 Å². The second-order valence-electron chi connectivity index (χ2n) is 3.87. The van der Waals surface area contributed by atoms with Crippen molar-refractivity contribution in [2.45, 2.75) is 20.0 Å². The average molecular weight is 201 g/mol. The second-order valence-corrected chi connectivity index (χ2v) is 3.87. The summed E-state index contributed by atoms with van der Waals surface area (Å²) in [6.45, 7) is 7.28. The molecule has 0 radical (unpaired) electrons. The molecule has 4 nitrogen and oxygen atoms in total. The highest BCUT2D eigenvalue weighted by Gasteiger charge is 2.21. The van der Waals surface area contributed by atoms with Crippen LogP contribution in [0.2, 0.25) is 0 Å². The molecule has 0 aromatic carbocycles. The van der Waals surface area contributed by atoms with Gasteiger partial charge in [-0.2, -0.15) is 0 Å². The first-order chi connectivity index (χ1) is 6.63. The van der Waals surface area contributed by atoms with Crippen LogP contribution in [0.5, 0.6) is 0 Å². The molecule has 0 N–H and O–H groups in total. The van der Waals surface area contributed by atoms with Gasteiger partial charge in [0, 0.05) is 19.6 Å². The number of esters is 1. The lowest BCUT2D eigenvalue weighted by Gasteiger charge is -2.32. The van der Waals surface area contributed by atoms with Crippen LogP contribution in [0.3, 0.4) is 0 Å². The summed E-state index contributed by atoms with van der Waals surface area (Å²) in [6, 6.07) is 0. The first-order valence-corrected chi connectivity index (χ1v) is 5.05. The Kier molecular flexibility index (Phi) is 4.35. The SMILES string of the molecule is COC(=O)C(C)CN1CCOC(C)C1. The second kappa shape index (κ2) is 5.32. The fourth-order valence-electron chi connectivity index (χ4n) is 1.72. The lowest BCUT2D eigenvalue weighted by molar-refractivity contribution is -0.146. The zero-order valence-corrected chi connectivity index (χ0v) is 9.16. The van der Waals surface area contributed by atoms with Gasteiger partial charge in [-0.05, 0) is 6.92 Å². The highest BCUT2D eigenvalue weighted by atomic mass is 16.5. The summed E-state index contributed by atoms with van der Waals surface area (Å²) in [6.07, 6.45) is 0.272. The molecule has 1 fully saturated rings. The minimum absolute atomic E-state index is 0.0506.